The molecule has 2 rings (SSSR count). The van der Waals surface area contributed by atoms with Crippen LogP contribution in [0.15, 0.2) is 40.9 Å². The van der Waals surface area contributed by atoms with Crippen LogP contribution in [0.1, 0.15) is 47.7 Å². The molecule has 0 aliphatic rings. The van der Waals surface area contributed by atoms with Crippen molar-refractivity contribution in [1.29, 1.82) is 0 Å². The third-order valence-electron chi connectivity index (χ3n) is 3.71. The van der Waals surface area contributed by atoms with Crippen LogP contribution in [0.3, 0.4) is 0 Å². The molecule has 2 atom stereocenters. The van der Waals surface area contributed by atoms with Gasteiger partial charge in [0, 0.05) is 10.0 Å². The third kappa shape index (κ3) is 3.72. The van der Waals surface area contributed by atoms with E-state index in [0.717, 1.165) is 12.0 Å². The van der Waals surface area contributed by atoms with Gasteiger partial charge in [0.1, 0.15) is 11.6 Å². The molecule has 0 bridgehead atoms. The van der Waals surface area contributed by atoms with Crippen molar-refractivity contribution in [3.63, 3.8) is 0 Å². The Kier molecular flexibility index (Phi) is 5.55. The second-order valence-electron chi connectivity index (χ2n) is 5.12. The fraction of sp³-hybridized carbons (Fsp3) is 0.294. The maximum Gasteiger partial charge on any atom is 0.131 e. The van der Waals surface area contributed by atoms with Crippen molar-refractivity contribution in [3.05, 3.63) is 69.2 Å². The van der Waals surface area contributed by atoms with Crippen molar-refractivity contribution in [2.45, 2.75) is 31.0 Å². The van der Waals surface area contributed by atoms with E-state index in [-0.39, 0.29) is 5.56 Å². The minimum atomic E-state index is -0.560. The maximum absolute atomic E-state index is 14.0. The van der Waals surface area contributed by atoms with Gasteiger partial charge in [0.15, 0.2) is 0 Å². The Morgan fingerprint density at radius 3 is 1.95 bits per heavy atom. The Morgan fingerprint density at radius 2 is 1.48 bits per heavy atom. The number of benzene rings is 2. The molecule has 0 nitrogen and oxygen atoms in total. The van der Waals surface area contributed by atoms with Gasteiger partial charge in [-0.2, -0.15) is 0 Å². The van der Waals surface area contributed by atoms with Gasteiger partial charge < -0.3 is 0 Å². The zero-order valence-corrected chi connectivity index (χ0v) is 15.0. The van der Waals surface area contributed by atoms with Crippen molar-refractivity contribution < 1.29 is 8.78 Å². The molecule has 0 fully saturated rings. The molecule has 2 unspecified atom stereocenters. The van der Waals surface area contributed by atoms with E-state index in [4.69, 9.17) is 0 Å². The van der Waals surface area contributed by atoms with E-state index in [0.29, 0.717) is 10.4 Å². The minimum absolute atomic E-state index is 0.0366. The Balaban J connectivity index is 2.34. The highest BCUT2D eigenvalue weighted by atomic mass is 79.9. The molecule has 0 radical (unpaired) electrons. The minimum Gasteiger partial charge on any atom is -0.206 e. The topological polar surface area (TPSA) is 0 Å². The van der Waals surface area contributed by atoms with Crippen LogP contribution in [0.25, 0.3) is 0 Å². The van der Waals surface area contributed by atoms with Crippen LogP contribution < -0.4 is 0 Å². The molecule has 0 aromatic heterocycles. The Morgan fingerprint density at radius 1 is 1.00 bits per heavy atom. The molecule has 0 aliphatic heterocycles. The molecular formula is C17H16Br2F2. The lowest BCUT2D eigenvalue weighted by molar-refractivity contribution is 0.559. The number of alkyl halides is 1. The standard InChI is InChI=1S/C17H16Br2F2/c1-3-10(2)11-4-6-12(7-5-11)17(19)16-14(20)8-13(18)9-15(16)21/h4-10,17H,3H2,1-2H3. The Labute approximate surface area is 140 Å². The van der Waals surface area contributed by atoms with Crippen LogP contribution in [0.4, 0.5) is 8.78 Å². The molecule has 2 aromatic rings. The molecule has 0 aliphatic carbocycles. The zero-order chi connectivity index (χ0) is 15.6. The van der Waals surface area contributed by atoms with Gasteiger partial charge in [-0.3, -0.25) is 0 Å². The highest BCUT2D eigenvalue weighted by Gasteiger charge is 2.20. The molecule has 0 spiro atoms. The SMILES string of the molecule is CCC(C)c1ccc(C(Br)c2c(F)cc(Br)cc2F)cc1. The third-order valence-corrected chi connectivity index (χ3v) is 5.15. The molecular weight excluding hydrogens is 402 g/mol. The average molecular weight is 418 g/mol. The van der Waals surface area contributed by atoms with Gasteiger partial charge in [0.25, 0.3) is 0 Å². The van der Waals surface area contributed by atoms with E-state index in [1.807, 2.05) is 24.3 Å². The van der Waals surface area contributed by atoms with Crippen molar-refractivity contribution in [2.24, 2.45) is 0 Å². The molecule has 0 saturated carbocycles. The van der Waals surface area contributed by atoms with Gasteiger partial charge >= 0.3 is 0 Å². The Bertz CT molecular complexity index is 600. The highest BCUT2D eigenvalue weighted by molar-refractivity contribution is 9.10. The summed E-state index contributed by atoms with van der Waals surface area (Å²) >= 11 is 6.49. The number of halogens is 4. The second-order valence-corrected chi connectivity index (χ2v) is 6.95. The fourth-order valence-electron chi connectivity index (χ4n) is 2.19. The lowest BCUT2D eigenvalue weighted by atomic mass is 9.96. The summed E-state index contributed by atoms with van der Waals surface area (Å²) in [6, 6.07) is 10.4. The van der Waals surface area contributed by atoms with Gasteiger partial charge in [-0.25, -0.2) is 8.78 Å². The van der Waals surface area contributed by atoms with Crippen molar-refractivity contribution in [3.8, 4) is 0 Å². The number of hydrogen-bond donors (Lipinski definition) is 0. The Hall–Kier alpha value is -0.740. The van der Waals surface area contributed by atoms with Crippen LogP contribution in [0.2, 0.25) is 0 Å². The van der Waals surface area contributed by atoms with Crippen LogP contribution >= 0.6 is 31.9 Å². The summed E-state index contributed by atoms with van der Waals surface area (Å²) in [5.74, 6) is -0.640. The van der Waals surface area contributed by atoms with Gasteiger partial charge in [-0.1, -0.05) is 70.0 Å². The van der Waals surface area contributed by atoms with Crippen molar-refractivity contribution >= 4 is 31.9 Å². The molecule has 0 saturated heterocycles. The largest absolute Gasteiger partial charge is 0.206 e. The van der Waals surface area contributed by atoms with Crippen LogP contribution in [-0.2, 0) is 0 Å². The monoisotopic (exact) mass is 416 g/mol. The number of rotatable bonds is 4. The predicted molar refractivity (Wildman–Crippen MR) is 90.0 cm³/mol. The van der Waals surface area contributed by atoms with Gasteiger partial charge in [0.2, 0.25) is 0 Å². The number of hydrogen-bond acceptors (Lipinski definition) is 0. The summed E-state index contributed by atoms with van der Waals surface area (Å²) in [5.41, 5.74) is 2.11. The summed E-state index contributed by atoms with van der Waals surface area (Å²) in [6.45, 7) is 4.30. The van der Waals surface area contributed by atoms with E-state index >= 15 is 0 Å². The lowest BCUT2D eigenvalue weighted by Crippen LogP contribution is -2.01. The molecule has 112 valence electrons. The zero-order valence-electron chi connectivity index (χ0n) is 11.8. The maximum atomic E-state index is 14.0. The summed E-state index contributed by atoms with van der Waals surface area (Å²) in [7, 11) is 0. The average Bonchev–Trinajstić information content (AvgIpc) is 2.45. The van der Waals surface area contributed by atoms with Crippen LogP contribution in [-0.4, -0.2) is 0 Å². The quantitative estimate of drug-likeness (QED) is 0.484. The van der Waals surface area contributed by atoms with E-state index in [1.54, 1.807) is 0 Å². The molecule has 0 amide bonds. The first-order valence-corrected chi connectivity index (χ1v) is 8.53. The van der Waals surface area contributed by atoms with Gasteiger partial charge in [0.05, 0.1) is 4.83 Å². The molecule has 0 N–H and O–H groups in total. The normalized spacial score (nSPS) is 14.0. The molecule has 4 heteroatoms. The van der Waals surface area contributed by atoms with E-state index in [9.17, 15) is 8.78 Å². The van der Waals surface area contributed by atoms with Crippen molar-refractivity contribution in [1.82, 2.24) is 0 Å². The van der Waals surface area contributed by atoms with E-state index < -0.39 is 16.5 Å². The van der Waals surface area contributed by atoms with Crippen molar-refractivity contribution in [2.75, 3.05) is 0 Å². The van der Waals surface area contributed by atoms with Gasteiger partial charge in [-0.15, -0.1) is 0 Å². The first kappa shape index (κ1) is 16.6. The second kappa shape index (κ2) is 7.01. The first-order chi connectivity index (χ1) is 9.93. The summed E-state index contributed by atoms with van der Waals surface area (Å²) in [4.78, 5) is -0.503. The summed E-state index contributed by atoms with van der Waals surface area (Å²) in [6.07, 6.45) is 1.06. The first-order valence-electron chi connectivity index (χ1n) is 6.82. The van der Waals surface area contributed by atoms with Gasteiger partial charge in [-0.05, 0) is 35.6 Å². The van der Waals surface area contributed by atoms with E-state index in [2.05, 4.69) is 45.7 Å². The lowest BCUT2D eigenvalue weighted by Gasteiger charge is -2.15. The predicted octanol–water partition coefficient (Wildman–Crippen LogP) is 6.73. The summed E-state index contributed by atoms with van der Waals surface area (Å²) < 4.78 is 28.4. The molecule has 21 heavy (non-hydrogen) atoms. The van der Waals surface area contributed by atoms with E-state index in [1.165, 1.54) is 17.7 Å². The molecule has 0 heterocycles. The summed E-state index contributed by atoms with van der Waals surface area (Å²) in [5, 5.41) is 0. The smallest absolute Gasteiger partial charge is 0.131 e. The molecule has 2 aromatic carbocycles. The van der Waals surface area contributed by atoms with Crippen LogP contribution in [0, 0.1) is 11.6 Å². The fourth-order valence-corrected chi connectivity index (χ4v) is 3.34. The highest BCUT2D eigenvalue weighted by Crippen LogP contribution is 2.36. The van der Waals surface area contributed by atoms with Crippen LogP contribution in [0.5, 0.6) is 0 Å².